The van der Waals surface area contributed by atoms with Crippen molar-refractivity contribution in [1.82, 2.24) is 4.98 Å². The third kappa shape index (κ3) is 2.06. The van der Waals surface area contributed by atoms with Gasteiger partial charge in [0.2, 0.25) is 5.88 Å². The Hall–Kier alpha value is -3.05. The highest BCUT2D eigenvalue weighted by atomic mass is 16.5. The van der Waals surface area contributed by atoms with E-state index in [1.807, 2.05) is 12.1 Å². The lowest BCUT2D eigenvalue weighted by Crippen LogP contribution is -1.98. The predicted octanol–water partition coefficient (Wildman–Crippen LogP) is 2.20. The average Bonchev–Trinajstić information content (AvgIpc) is 2.42. The van der Waals surface area contributed by atoms with E-state index in [4.69, 9.17) is 21.0 Å². The number of aromatic nitrogens is 1. The smallest absolute Gasteiger partial charge is 0.244 e. The molecule has 1 heterocycles. The molecule has 0 aliphatic carbocycles. The van der Waals surface area contributed by atoms with Crippen LogP contribution in [-0.4, -0.2) is 4.98 Å². The van der Waals surface area contributed by atoms with Crippen molar-refractivity contribution in [3.05, 3.63) is 47.7 Å². The number of hydrogen-bond donors (Lipinski definition) is 1. The number of benzene rings is 1. The van der Waals surface area contributed by atoms with E-state index in [0.29, 0.717) is 11.3 Å². The van der Waals surface area contributed by atoms with Gasteiger partial charge in [-0.05, 0) is 18.2 Å². The van der Waals surface area contributed by atoms with E-state index < -0.39 is 0 Å². The lowest BCUT2D eigenvalue weighted by Gasteiger charge is -2.08. The molecule has 5 heteroatoms. The first-order valence-corrected chi connectivity index (χ1v) is 5.08. The second kappa shape index (κ2) is 4.86. The van der Waals surface area contributed by atoms with E-state index in [9.17, 15) is 0 Å². The van der Waals surface area contributed by atoms with Gasteiger partial charge in [0.25, 0.3) is 0 Å². The van der Waals surface area contributed by atoms with Crippen molar-refractivity contribution in [1.29, 1.82) is 10.5 Å². The Labute approximate surface area is 104 Å². The molecule has 1 aromatic carbocycles. The first-order chi connectivity index (χ1) is 8.76. The van der Waals surface area contributed by atoms with Gasteiger partial charge in [0.15, 0.2) is 0 Å². The molecule has 2 aromatic rings. The van der Waals surface area contributed by atoms with Gasteiger partial charge in [-0.3, -0.25) is 0 Å². The van der Waals surface area contributed by atoms with Crippen molar-refractivity contribution in [2.24, 2.45) is 0 Å². The second-order valence-corrected chi connectivity index (χ2v) is 3.40. The monoisotopic (exact) mass is 236 g/mol. The lowest BCUT2D eigenvalue weighted by molar-refractivity contribution is 0.464. The Balaban J connectivity index is 2.42. The maximum absolute atomic E-state index is 8.93. The van der Waals surface area contributed by atoms with Crippen LogP contribution < -0.4 is 10.5 Å². The molecule has 86 valence electrons. The van der Waals surface area contributed by atoms with Gasteiger partial charge < -0.3 is 10.5 Å². The fourth-order valence-electron chi connectivity index (χ4n) is 1.39. The molecule has 0 atom stereocenters. The van der Waals surface area contributed by atoms with E-state index in [0.717, 1.165) is 0 Å². The summed E-state index contributed by atoms with van der Waals surface area (Å²) in [7, 11) is 0. The predicted molar refractivity (Wildman–Crippen MR) is 64.6 cm³/mol. The molecule has 0 fully saturated rings. The summed E-state index contributed by atoms with van der Waals surface area (Å²) in [5, 5.41) is 17.8. The Kier molecular flexibility index (Phi) is 3.08. The van der Waals surface area contributed by atoms with Crippen molar-refractivity contribution in [2.45, 2.75) is 0 Å². The second-order valence-electron chi connectivity index (χ2n) is 3.40. The number of nitrogens with zero attached hydrogens (tertiary/aromatic N) is 3. The summed E-state index contributed by atoms with van der Waals surface area (Å²) in [5.41, 5.74) is 6.56. The molecule has 0 saturated heterocycles. The van der Waals surface area contributed by atoms with E-state index in [2.05, 4.69) is 4.98 Å². The van der Waals surface area contributed by atoms with Gasteiger partial charge >= 0.3 is 0 Å². The van der Waals surface area contributed by atoms with Gasteiger partial charge in [-0.1, -0.05) is 12.1 Å². The van der Waals surface area contributed by atoms with Gasteiger partial charge in [0.05, 0.1) is 11.1 Å². The van der Waals surface area contributed by atoms with Crippen LogP contribution in [-0.2, 0) is 0 Å². The van der Waals surface area contributed by atoms with Crippen LogP contribution in [0.2, 0.25) is 0 Å². The molecule has 0 saturated carbocycles. The normalized spacial score (nSPS) is 9.22. The highest BCUT2D eigenvalue weighted by Crippen LogP contribution is 2.28. The Morgan fingerprint density at radius 1 is 1.06 bits per heavy atom. The summed E-state index contributed by atoms with van der Waals surface area (Å²) in [5.74, 6) is 0.478. The summed E-state index contributed by atoms with van der Waals surface area (Å²) in [6.07, 6.45) is 1.43. The number of pyridine rings is 1. The zero-order valence-corrected chi connectivity index (χ0v) is 9.29. The highest BCUT2D eigenvalue weighted by Gasteiger charge is 2.10. The van der Waals surface area contributed by atoms with Crippen molar-refractivity contribution in [3.8, 4) is 23.8 Å². The zero-order valence-electron chi connectivity index (χ0n) is 9.29. The highest BCUT2D eigenvalue weighted by molar-refractivity contribution is 5.61. The molecule has 2 rings (SSSR count). The molecule has 0 amide bonds. The van der Waals surface area contributed by atoms with Crippen LogP contribution in [0, 0.1) is 22.7 Å². The fourth-order valence-corrected chi connectivity index (χ4v) is 1.39. The molecule has 0 bridgehead atoms. The van der Waals surface area contributed by atoms with E-state index in [1.165, 1.54) is 12.3 Å². The summed E-state index contributed by atoms with van der Waals surface area (Å²) in [4.78, 5) is 3.95. The van der Waals surface area contributed by atoms with Gasteiger partial charge in [-0.25, -0.2) is 4.98 Å². The van der Waals surface area contributed by atoms with Crippen molar-refractivity contribution >= 4 is 5.69 Å². The molecular formula is C13H8N4O. The number of ether oxygens (including phenoxy) is 1. The molecule has 18 heavy (non-hydrogen) atoms. The number of nitrogens with two attached hydrogens (primary N) is 1. The number of rotatable bonds is 2. The maximum Gasteiger partial charge on any atom is 0.244 e. The zero-order chi connectivity index (χ0) is 13.0. The van der Waals surface area contributed by atoms with Crippen LogP contribution in [0.15, 0.2) is 36.5 Å². The third-order valence-corrected chi connectivity index (χ3v) is 2.29. The van der Waals surface area contributed by atoms with E-state index in [1.54, 1.807) is 24.3 Å². The fraction of sp³-hybridized carbons (Fsp3) is 0. The van der Waals surface area contributed by atoms with E-state index >= 15 is 0 Å². The van der Waals surface area contributed by atoms with Crippen LogP contribution in [0.4, 0.5) is 5.69 Å². The quantitative estimate of drug-likeness (QED) is 0.862. The number of para-hydroxylation sites is 1. The van der Waals surface area contributed by atoms with Crippen LogP contribution in [0.25, 0.3) is 0 Å². The SMILES string of the molecule is N#Cc1ccccc1Oc1nccc(C#N)c1N. The first-order valence-electron chi connectivity index (χ1n) is 5.08. The first kappa shape index (κ1) is 11.4. The number of hydrogen-bond acceptors (Lipinski definition) is 5. The third-order valence-electron chi connectivity index (χ3n) is 2.29. The van der Waals surface area contributed by atoms with Crippen molar-refractivity contribution in [3.63, 3.8) is 0 Å². The minimum absolute atomic E-state index is 0.122. The summed E-state index contributed by atoms with van der Waals surface area (Å²) in [6.45, 7) is 0. The molecule has 0 unspecified atom stereocenters. The standard InChI is InChI=1S/C13H8N4O/c14-7-9-3-1-2-4-11(9)18-13-12(16)10(8-15)5-6-17-13/h1-6H,16H2. The van der Waals surface area contributed by atoms with Gasteiger partial charge in [-0.15, -0.1) is 0 Å². The molecule has 0 aliphatic heterocycles. The molecular weight excluding hydrogens is 228 g/mol. The molecule has 5 nitrogen and oxygen atoms in total. The minimum Gasteiger partial charge on any atom is -0.436 e. The Morgan fingerprint density at radius 2 is 1.78 bits per heavy atom. The Morgan fingerprint density at radius 3 is 2.50 bits per heavy atom. The van der Waals surface area contributed by atoms with Crippen molar-refractivity contribution in [2.75, 3.05) is 5.73 Å². The minimum atomic E-state index is 0.122. The molecule has 1 aromatic heterocycles. The van der Waals surface area contributed by atoms with Gasteiger partial charge in [0, 0.05) is 6.20 Å². The molecule has 0 radical (unpaired) electrons. The van der Waals surface area contributed by atoms with Crippen LogP contribution >= 0.6 is 0 Å². The number of anilines is 1. The number of nitrogen functional groups attached to an aromatic ring is 1. The van der Waals surface area contributed by atoms with Crippen LogP contribution in [0.5, 0.6) is 11.6 Å². The Bertz CT molecular complexity index is 667. The molecule has 0 spiro atoms. The van der Waals surface area contributed by atoms with Gasteiger partial charge in [0.1, 0.15) is 23.6 Å². The molecule has 0 aliphatic rings. The van der Waals surface area contributed by atoms with E-state index in [-0.39, 0.29) is 17.1 Å². The summed E-state index contributed by atoms with van der Waals surface area (Å²) >= 11 is 0. The largest absolute Gasteiger partial charge is 0.436 e. The topological polar surface area (TPSA) is 95.7 Å². The summed E-state index contributed by atoms with van der Waals surface area (Å²) < 4.78 is 5.46. The van der Waals surface area contributed by atoms with Crippen LogP contribution in [0.3, 0.4) is 0 Å². The summed E-state index contributed by atoms with van der Waals surface area (Å²) in [6, 6.07) is 12.2. The van der Waals surface area contributed by atoms with Crippen LogP contribution in [0.1, 0.15) is 11.1 Å². The lowest BCUT2D eigenvalue weighted by atomic mass is 10.2. The number of nitriles is 2. The van der Waals surface area contributed by atoms with Crippen molar-refractivity contribution < 1.29 is 4.74 Å². The maximum atomic E-state index is 8.93. The van der Waals surface area contributed by atoms with Gasteiger partial charge in [-0.2, -0.15) is 10.5 Å². The molecule has 2 N–H and O–H groups in total. The average molecular weight is 236 g/mol.